The van der Waals surface area contributed by atoms with Gasteiger partial charge in [0.15, 0.2) is 0 Å². The average Bonchev–Trinajstić information content (AvgIpc) is 2.67. The summed E-state index contributed by atoms with van der Waals surface area (Å²) in [7, 11) is 0. The predicted molar refractivity (Wildman–Crippen MR) is 95.2 cm³/mol. The SMILES string of the molecule is CCOC(=O)[C@](NC(=O)OCc1ccccc1)(Nc1ccc(F)cc1)C(F)(F)F. The van der Waals surface area contributed by atoms with Crippen molar-refractivity contribution >= 4 is 17.7 Å². The Labute approximate surface area is 163 Å². The van der Waals surface area contributed by atoms with E-state index in [-0.39, 0.29) is 18.9 Å². The second-order valence-corrected chi connectivity index (χ2v) is 5.79. The van der Waals surface area contributed by atoms with Crippen molar-refractivity contribution in [3.05, 3.63) is 66.0 Å². The van der Waals surface area contributed by atoms with Gasteiger partial charge in [0, 0.05) is 5.69 Å². The molecule has 0 heterocycles. The van der Waals surface area contributed by atoms with E-state index >= 15 is 0 Å². The second-order valence-electron chi connectivity index (χ2n) is 5.79. The van der Waals surface area contributed by atoms with Crippen molar-refractivity contribution < 1.29 is 36.6 Å². The van der Waals surface area contributed by atoms with E-state index in [0.29, 0.717) is 5.56 Å². The summed E-state index contributed by atoms with van der Waals surface area (Å²) in [5.74, 6) is -2.49. The minimum atomic E-state index is -5.32. The van der Waals surface area contributed by atoms with Crippen LogP contribution < -0.4 is 10.6 Å². The molecule has 0 saturated carbocycles. The van der Waals surface area contributed by atoms with Crippen LogP contribution in [0.1, 0.15) is 12.5 Å². The lowest BCUT2D eigenvalue weighted by molar-refractivity contribution is -0.205. The van der Waals surface area contributed by atoms with Gasteiger partial charge in [-0.2, -0.15) is 13.2 Å². The maximum absolute atomic E-state index is 13.9. The molecule has 0 spiro atoms. The van der Waals surface area contributed by atoms with Gasteiger partial charge in [-0.3, -0.25) is 5.32 Å². The molecule has 0 fully saturated rings. The zero-order valence-corrected chi connectivity index (χ0v) is 15.3. The van der Waals surface area contributed by atoms with Crippen molar-refractivity contribution in [2.75, 3.05) is 11.9 Å². The summed E-state index contributed by atoms with van der Waals surface area (Å²) in [6.07, 6.45) is -6.83. The minimum Gasteiger partial charge on any atom is -0.463 e. The Kier molecular flexibility index (Phi) is 7.03. The topological polar surface area (TPSA) is 76.7 Å². The number of anilines is 1. The third-order valence-corrected chi connectivity index (χ3v) is 3.69. The lowest BCUT2D eigenvalue weighted by Gasteiger charge is -2.34. The molecular weight excluding hydrogens is 396 g/mol. The molecule has 6 nitrogen and oxygen atoms in total. The van der Waals surface area contributed by atoms with Crippen LogP contribution in [0.2, 0.25) is 0 Å². The normalized spacial score (nSPS) is 13.1. The number of hydrogen-bond donors (Lipinski definition) is 2. The van der Waals surface area contributed by atoms with Crippen LogP contribution in [-0.2, 0) is 20.9 Å². The predicted octanol–water partition coefficient (Wildman–Crippen LogP) is 3.99. The molecule has 0 unspecified atom stereocenters. The molecule has 0 aliphatic rings. The molecule has 10 heteroatoms. The number of rotatable bonds is 7. The van der Waals surface area contributed by atoms with Crippen molar-refractivity contribution in [1.29, 1.82) is 0 Å². The van der Waals surface area contributed by atoms with Crippen LogP contribution in [0, 0.1) is 5.82 Å². The van der Waals surface area contributed by atoms with Crippen molar-refractivity contribution in [1.82, 2.24) is 5.32 Å². The molecule has 2 aromatic carbocycles. The molecule has 0 radical (unpaired) electrons. The summed E-state index contributed by atoms with van der Waals surface area (Å²) in [6.45, 7) is 0.618. The average molecular weight is 414 g/mol. The monoisotopic (exact) mass is 414 g/mol. The van der Waals surface area contributed by atoms with Gasteiger partial charge in [-0.15, -0.1) is 0 Å². The standard InChI is InChI=1S/C19H18F4N2O4/c1-2-28-16(26)18(19(21,22)23,24-15-10-8-14(20)9-11-15)25-17(27)29-12-13-6-4-3-5-7-13/h3-11,24H,2,12H2,1H3,(H,25,27)/t18-/m1/s1. The molecule has 156 valence electrons. The van der Waals surface area contributed by atoms with E-state index in [1.165, 1.54) is 12.2 Å². The van der Waals surface area contributed by atoms with E-state index in [0.717, 1.165) is 24.3 Å². The van der Waals surface area contributed by atoms with E-state index in [4.69, 9.17) is 4.74 Å². The fourth-order valence-electron chi connectivity index (χ4n) is 2.29. The summed E-state index contributed by atoms with van der Waals surface area (Å²) < 4.78 is 64.2. The van der Waals surface area contributed by atoms with Gasteiger partial charge in [0.05, 0.1) is 6.61 Å². The summed E-state index contributed by atoms with van der Waals surface area (Å²) in [5.41, 5.74) is -3.39. The van der Waals surface area contributed by atoms with Crippen LogP contribution in [0.4, 0.5) is 28.0 Å². The zero-order valence-electron chi connectivity index (χ0n) is 15.3. The molecule has 2 N–H and O–H groups in total. The molecule has 0 bridgehead atoms. The highest BCUT2D eigenvalue weighted by Gasteiger charge is 2.64. The fraction of sp³-hybridized carbons (Fsp3) is 0.263. The number of alkyl carbamates (subject to hydrolysis) is 1. The van der Waals surface area contributed by atoms with Crippen LogP contribution in [-0.4, -0.2) is 30.5 Å². The number of carbonyl (C=O) groups excluding carboxylic acids is 2. The van der Waals surface area contributed by atoms with E-state index in [9.17, 15) is 27.2 Å². The molecule has 0 aliphatic carbocycles. The third-order valence-electron chi connectivity index (χ3n) is 3.69. The van der Waals surface area contributed by atoms with E-state index < -0.39 is 29.7 Å². The number of hydrogen-bond acceptors (Lipinski definition) is 5. The van der Waals surface area contributed by atoms with Crippen molar-refractivity contribution in [2.45, 2.75) is 25.4 Å². The number of alkyl halides is 3. The molecule has 0 saturated heterocycles. The van der Waals surface area contributed by atoms with Gasteiger partial charge < -0.3 is 14.8 Å². The third kappa shape index (κ3) is 5.59. The van der Waals surface area contributed by atoms with Gasteiger partial charge in [-0.25, -0.2) is 14.0 Å². The lowest BCUT2D eigenvalue weighted by Crippen LogP contribution is -2.69. The lowest BCUT2D eigenvalue weighted by atomic mass is 10.1. The number of halogens is 4. The minimum absolute atomic E-state index is 0.278. The first kappa shape index (κ1) is 22.0. The summed E-state index contributed by atoms with van der Waals surface area (Å²) in [5, 5.41) is 3.42. The molecule has 1 amide bonds. The Bertz CT molecular complexity index is 828. The molecule has 0 aliphatic heterocycles. The molecule has 2 rings (SSSR count). The summed E-state index contributed by atoms with van der Waals surface area (Å²) >= 11 is 0. The number of nitrogens with one attached hydrogen (secondary N) is 2. The van der Waals surface area contributed by atoms with E-state index in [1.807, 2.05) is 5.32 Å². The largest absolute Gasteiger partial charge is 0.463 e. The Hall–Kier alpha value is -3.30. The number of benzene rings is 2. The van der Waals surface area contributed by atoms with Gasteiger partial charge in [-0.1, -0.05) is 30.3 Å². The van der Waals surface area contributed by atoms with Crippen LogP contribution in [0.15, 0.2) is 54.6 Å². The molecule has 1 atom stereocenters. The fourth-order valence-corrected chi connectivity index (χ4v) is 2.29. The molecule has 2 aromatic rings. The maximum Gasteiger partial charge on any atom is 0.442 e. The van der Waals surface area contributed by atoms with Crippen molar-refractivity contribution in [2.24, 2.45) is 0 Å². The number of amides is 1. The van der Waals surface area contributed by atoms with Gasteiger partial charge in [0.2, 0.25) is 0 Å². The first-order valence-corrected chi connectivity index (χ1v) is 8.44. The van der Waals surface area contributed by atoms with Gasteiger partial charge >= 0.3 is 23.9 Å². The Balaban J connectivity index is 2.29. The van der Waals surface area contributed by atoms with Crippen LogP contribution in [0.25, 0.3) is 0 Å². The highest BCUT2D eigenvalue weighted by molar-refractivity contribution is 5.89. The zero-order chi connectivity index (χ0) is 21.5. The molecule has 0 aromatic heterocycles. The smallest absolute Gasteiger partial charge is 0.442 e. The van der Waals surface area contributed by atoms with Gasteiger partial charge in [0.1, 0.15) is 12.4 Å². The van der Waals surface area contributed by atoms with Gasteiger partial charge in [-0.05, 0) is 36.8 Å². The van der Waals surface area contributed by atoms with Gasteiger partial charge in [0.25, 0.3) is 0 Å². The second kappa shape index (κ2) is 9.26. The van der Waals surface area contributed by atoms with E-state index in [1.54, 1.807) is 30.3 Å². The first-order valence-electron chi connectivity index (χ1n) is 8.44. The van der Waals surface area contributed by atoms with Crippen LogP contribution in [0.5, 0.6) is 0 Å². The Morgan fingerprint density at radius 3 is 2.14 bits per heavy atom. The summed E-state index contributed by atoms with van der Waals surface area (Å²) in [6, 6.07) is 12.0. The van der Waals surface area contributed by atoms with Crippen LogP contribution in [0.3, 0.4) is 0 Å². The van der Waals surface area contributed by atoms with E-state index in [2.05, 4.69) is 4.74 Å². The quantitative estimate of drug-likeness (QED) is 0.407. The Morgan fingerprint density at radius 1 is 0.966 bits per heavy atom. The maximum atomic E-state index is 13.9. The highest BCUT2D eigenvalue weighted by atomic mass is 19.4. The highest BCUT2D eigenvalue weighted by Crippen LogP contribution is 2.33. The van der Waals surface area contributed by atoms with Crippen molar-refractivity contribution in [3.63, 3.8) is 0 Å². The summed E-state index contributed by atoms with van der Waals surface area (Å²) in [4.78, 5) is 24.3. The Morgan fingerprint density at radius 2 is 1.59 bits per heavy atom. The molecule has 29 heavy (non-hydrogen) atoms. The van der Waals surface area contributed by atoms with Crippen LogP contribution >= 0.6 is 0 Å². The number of carbonyl (C=O) groups is 2. The number of ether oxygens (including phenoxy) is 2. The first-order chi connectivity index (χ1) is 13.7. The molecular formula is C19H18F4N2O4. The van der Waals surface area contributed by atoms with Crippen molar-refractivity contribution in [3.8, 4) is 0 Å². The number of esters is 1.